The van der Waals surface area contributed by atoms with Gasteiger partial charge in [-0.15, -0.1) is 6.58 Å². The minimum Gasteiger partial charge on any atom is -0.391 e. The average molecular weight is 338 g/mol. The van der Waals surface area contributed by atoms with Crippen LogP contribution in [0.3, 0.4) is 0 Å². The summed E-state index contributed by atoms with van der Waals surface area (Å²) in [6.45, 7) is 5.96. The summed E-state index contributed by atoms with van der Waals surface area (Å²) >= 11 is 0. The van der Waals surface area contributed by atoms with Crippen molar-refractivity contribution >= 4 is 0 Å². The Bertz CT molecular complexity index is 622. The highest BCUT2D eigenvalue weighted by atomic mass is 16.3. The largest absolute Gasteiger partial charge is 0.391 e. The second-order valence-corrected chi connectivity index (χ2v) is 8.25. The number of hydrogen-bond donors (Lipinski definition) is 1. The number of allylic oxidation sites excluding steroid dienone is 1. The van der Waals surface area contributed by atoms with Gasteiger partial charge < -0.3 is 5.11 Å². The van der Waals surface area contributed by atoms with E-state index >= 15 is 0 Å². The molecule has 1 saturated carbocycles. The molecule has 1 heterocycles. The van der Waals surface area contributed by atoms with E-state index in [1.165, 1.54) is 37.7 Å². The third kappa shape index (κ3) is 3.47. The Balaban J connectivity index is 1.57. The van der Waals surface area contributed by atoms with Gasteiger partial charge in [-0.1, -0.05) is 54.5 Å². The molecule has 2 nitrogen and oxygen atoms in total. The Morgan fingerprint density at radius 3 is 2.88 bits per heavy atom. The number of benzene rings is 1. The van der Waals surface area contributed by atoms with Crippen LogP contribution in [0.2, 0.25) is 0 Å². The molecule has 1 aromatic rings. The molecular weight excluding hydrogens is 306 g/mol. The van der Waals surface area contributed by atoms with Crippen LogP contribution in [0.15, 0.2) is 54.6 Å². The molecule has 0 bridgehead atoms. The lowest BCUT2D eigenvalue weighted by molar-refractivity contribution is 0.0650. The van der Waals surface area contributed by atoms with Gasteiger partial charge in [0, 0.05) is 19.1 Å². The van der Waals surface area contributed by atoms with E-state index in [9.17, 15) is 5.11 Å². The molecule has 5 atom stereocenters. The highest BCUT2D eigenvalue weighted by Crippen LogP contribution is 2.47. The molecule has 1 N–H and O–H groups in total. The van der Waals surface area contributed by atoms with Crippen molar-refractivity contribution in [3.63, 3.8) is 0 Å². The summed E-state index contributed by atoms with van der Waals surface area (Å²) in [6.07, 6.45) is 11.8. The van der Waals surface area contributed by atoms with Gasteiger partial charge in [0.1, 0.15) is 0 Å². The Labute approximate surface area is 152 Å². The van der Waals surface area contributed by atoms with E-state index in [4.69, 9.17) is 0 Å². The number of rotatable bonds is 5. The first-order valence-electron chi connectivity index (χ1n) is 10.0. The third-order valence-corrected chi connectivity index (χ3v) is 6.66. The normalized spacial score (nSPS) is 33.2. The van der Waals surface area contributed by atoms with Crippen LogP contribution in [0.25, 0.3) is 0 Å². The minimum atomic E-state index is -0.311. The fraction of sp³-hybridized carbons (Fsp3) is 0.565. The van der Waals surface area contributed by atoms with Crippen molar-refractivity contribution in [2.75, 3.05) is 13.1 Å². The van der Waals surface area contributed by atoms with Crippen LogP contribution in [0.1, 0.15) is 37.7 Å². The number of likely N-dealkylation sites (tertiary alicyclic amines) is 1. The van der Waals surface area contributed by atoms with Crippen molar-refractivity contribution in [1.82, 2.24) is 4.90 Å². The van der Waals surface area contributed by atoms with Gasteiger partial charge in [0.05, 0.1) is 6.10 Å². The molecule has 1 aliphatic heterocycles. The maximum atomic E-state index is 11.1. The standard InChI is InChI=1S/C23H31NO/c1-2-12-24-16-20-14-18-10-6-7-11-19(18)15-21(20)23(24)22(25)13-17-8-4-3-5-9-17/h2-5,8-9,15,18,20-23,25H,1,6-7,10-14,16H2/t18-,20-,21-,22+,23-/m1/s1. The lowest BCUT2D eigenvalue weighted by Crippen LogP contribution is -2.43. The van der Waals surface area contributed by atoms with E-state index in [-0.39, 0.29) is 12.1 Å². The van der Waals surface area contributed by atoms with Crippen molar-refractivity contribution in [2.45, 2.75) is 50.7 Å². The smallest absolute Gasteiger partial charge is 0.0741 e. The summed E-state index contributed by atoms with van der Waals surface area (Å²) in [5, 5.41) is 11.1. The van der Waals surface area contributed by atoms with Crippen molar-refractivity contribution in [3.8, 4) is 0 Å². The molecule has 0 unspecified atom stereocenters. The van der Waals surface area contributed by atoms with Crippen LogP contribution in [-0.2, 0) is 6.42 Å². The molecule has 134 valence electrons. The SMILES string of the molecule is C=CCN1C[C@H]2C[C@H]3CCCCC3=C[C@H]2[C@@H]1[C@@H](O)Cc1ccccc1. The fourth-order valence-electron chi connectivity index (χ4n) is 5.58. The van der Waals surface area contributed by atoms with Crippen LogP contribution in [0.5, 0.6) is 0 Å². The van der Waals surface area contributed by atoms with Crippen LogP contribution in [-0.4, -0.2) is 35.2 Å². The van der Waals surface area contributed by atoms with Gasteiger partial charge in [0.25, 0.3) is 0 Å². The Hall–Kier alpha value is -1.38. The van der Waals surface area contributed by atoms with Gasteiger partial charge in [-0.2, -0.15) is 0 Å². The third-order valence-electron chi connectivity index (χ3n) is 6.66. The van der Waals surface area contributed by atoms with Crippen LogP contribution < -0.4 is 0 Å². The number of nitrogens with zero attached hydrogens (tertiary/aromatic N) is 1. The Morgan fingerprint density at radius 2 is 2.08 bits per heavy atom. The Morgan fingerprint density at radius 1 is 1.24 bits per heavy atom. The summed E-state index contributed by atoms with van der Waals surface area (Å²) in [6, 6.07) is 10.7. The number of aliphatic hydroxyl groups excluding tert-OH is 1. The van der Waals surface area contributed by atoms with Gasteiger partial charge in [0.15, 0.2) is 0 Å². The topological polar surface area (TPSA) is 23.5 Å². The first-order valence-corrected chi connectivity index (χ1v) is 10.0. The second-order valence-electron chi connectivity index (χ2n) is 8.25. The van der Waals surface area contributed by atoms with Crippen molar-refractivity contribution in [2.24, 2.45) is 17.8 Å². The molecule has 2 heteroatoms. The maximum absolute atomic E-state index is 11.1. The highest BCUT2D eigenvalue weighted by molar-refractivity contribution is 5.22. The molecule has 25 heavy (non-hydrogen) atoms. The van der Waals surface area contributed by atoms with E-state index in [1.807, 2.05) is 12.1 Å². The summed E-state index contributed by atoms with van der Waals surface area (Å²) < 4.78 is 0. The average Bonchev–Trinajstić information content (AvgIpc) is 2.97. The summed E-state index contributed by atoms with van der Waals surface area (Å²) in [5.74, 6) is 2.05. The minimum absolute atomic E-state index is 0.235. The molecule has 0 aromatic heterocycles. The van der Waals surface area contributed by atoms with Crippen LogP contribution >= 0.6 is 0 Å². The predicted octanol–water partition coefficient (Wildman–Crippen LogP) is 4.21. The van der Waals surface area contributed by atoms with Gasteiger partial charge in [-0.05, 0) is 55.4 Å². The number of hydrogen-bond acceptors (Lipinski definition) is 2. The molecule has 2 aliphatic carbocycles. The van der Waals surface area contributed by atoms with Crippen LogP contribution in [0, 0.1) is 17.8 Å². The van der Waals surface area contributed by atoms with E-state index < -0.39 is 0 Å². The zero-order chi connectivity index (χ0) is 17.2. The maximum Gasteiger partial charge on any atom is 0.0741 e. The fourth-order valence-corrected chi connectivity index (χ4v) is 5.58. The van der Waals surface area contributed by atoms with Gasteiger partial charge in [-0.3, -0.25) is 4.90 Å². The molecule has 4 rings (SSSR count). The molecule has 1 saturated heterocycles. The zero-order valence-electron chi connectivity index (χ0n) is 15.2. The summed E-state index contributed by atoms with van der Waals surface area (Å²) in [5.41, 5.74) is 2.93. The second kappa shape index (κ2) is 7.47. The van der Waals surface area contributed by atoms with Crippen molar-refractivity contribution in [1.29, 1.82) is 0 Å². The quantitative estimate of drug-likeness (QED) is 0.814. The van der Waals surface area contributed by atoms with E-state index in [0.717, 1.165) is 25.4 Å². The van der Waals surface area contributed by atoms with E-state index in [2.05, 4.69) is 41.8 Å². The number of fused-ring (bicyclic) bond motifs is 2. The first-order chi connectivity index (χ1) is 12.3. The molecule has 1 aromatic carbocycles. The van der Waals surface area contributed by atoms with Crippen molar-refractivity contribution in [3.05, 3.63) is 60.2 Å². The molecule has 0 radical (unpaired) electrons. The molecule has 3 aliphatic rings. The molecule has 0 spiro atoms. The van der Waals surface area contributed by atoms with E-state index in [0.29, 0.717) is 11.8 Å². The van der Waals surface area contributed by atoms with Gasteiger partial charge in [-0.25, -0.2) is 0 Å². The van der Waals surface area contributed by atoms with E-state index in [1.54, 1.807) is 5.57 Å². The molecule has 2 fully saturated rings. The highest BCUT2D eigenvalue weighted by Gasteiger charge is 2.46. The van der Waals surface area contributed by atoms with Gasteiger partial charge >= 0.3 is 0 Å². The zero-order valence-corrected chi connectivity index (χ0v) is 15.2. The lowest BCUT2D eigenvalue weighted by atomic mass is 9.69. The lowest BCUT2D eigenvalue weighted by Gasteiger charge is -2.37. The first kappa shape index (κ1) is 17.1. The predicted molar refractivity (Wildman–Crippen MR) is 103 cm³/mol. The Kier molecular flexibility index (Phi) is 5.10. The summed E-state index contributed by atoms with van der Waals surface area (Å²) in [7, 11) is 0. The summed E-state index contributed by atoms with van der Waals surface area (Å²) in [4.78, 5) is 2.49. The van der Waals surface area contributed by atoms with Crippen LogP contribution in [0.4, 0.5) is 0 Å². The van der Waals surface area contributed by atoms with Crippen molar-refractivity contribution < 1.29 is 5.11 Å². The molecular formula is C23H31NO. The number of aliphatic hydroxyl groups is 1. The monoisotopic (exact) mass is 337 g/mol. The molecule has 0 amide bonds. The van der Waals surface area contributed by atoms with Gasteiger partial charge in [0.2, 0.25) is 0 Å².